The normalized spacial score (nSPS) is 12.1. The van der Waals surface area contributed by atoms with Crippen LogP contribution in [0.25, 0.3) is 6.08 Å². The number of hydrogen-bond donors (Lipinski definition) is 1. The van der Waals surface area contributed by atoms with Gasteiger partial charge in [-0.3, -0.25) is 0 Å². The van der Waals surface area contributed by atoms with Crippen molar-refractivity contribution in [1.29, 1.82) is 5.26 Å². The second-order valence-electron chi connectivity index (χ2n) is 4.45. The van der Waals surface area contributed by atoms with Gasteiger partial charge in [-0.1, -0.05) is 17.7 Å². The Hall–Kier alpha value is -1.99. The van der Waals surface area contributed by atoms with Crippen molar-refractivity contribution < 1.29 is 9.90 Å². The molecule has 1 aromatic rings. The number of halogens is 1. The molecule has 0 fully saturated rings. The van der Waals surface area contributed by atoms with E-state index in [0.717, 1.165) is 18.3 Å². The Labute approximate surface area is 123 Å². The van der Waals surface area contributed by atoms with Gasteiger partial charge in [-0.05, 0) is 37.6 Å². The second kappa shape index (κ2) is 7.56. The standard InChI is InChI=1S/C15H17ClN2O2/c1-3-18(10-11(2)9-17)13-6-4-12(14(16)8-13)5-7-15(19)20/h4-8,11H,3,10H2,1-2H3,(H,19,20)/b7-5+. The zero-order valence-electron chi connectivity index (χ0n) is 11.5. The van der Waals surface area contributed by atoms with E-state index in [0.29, 0.717) is 17.1 Å². The van der Waals surface area contributed by atoms with Gasteiger partial charge in [0.15, 0.2) is 0 Å². The van der Waals surface area contributed by atoms with E-state index in [1.807, 2.05) is 19.9 Å². The average molecular weight is 293 g/mol. The van der Waals surface area contributed by atoms with Crippen LogP contribution in [-0.4, -0.2) is 24.2 Å². The molecule has 0 amide bonds. The number of anilines is 1. The Morgan fingerprint density at radius 1 is 1.60 bits per heavy atom. The molecule has 0 saturated carbocycles. The molecule has 1 unspecified atom stereocenters. The molecule has 0 aliphatic carbocycles. The SMILES string of the molecule is CCN(CC(C)C#N)c1ccc(/C=C/C(=O)O)c(Cl)c1. The molecule has 0 bridgehead atoms. The molecule has 0 aliphatic heterocycles. The summed E-state index contributed by atoms with van der Waals surface area (Å²) in [4.78, 5) is 12.6. The van der Waals surface area contributed by atoms with Crippen LogP contribution in [0.1, 0.15) is 19.4 Å². The maximum Gasteiger partial charge on any atom is 0.328 e. The molecule has 1 N–H and O–H groups in total. The third-order valence-corrected chi connectivity index (χ3v) is 3.18. The van der Waals surface area contributed by atoms with E-state index in [4.69, 9.17) is 22.0 Å². The number of hydrogen-bond acceptors (Lipinski definition) is 3. The maximum atomic E-state index is 10.5. The van der Waals surface area contributed by atoms with Crippen LogP contribution in [0.4, 0.5) is 5.69 Å². The number of carbonyl (C=O) groups is 1. The topological polar surface area (TPSA) is 64.3 Å². The van der Waals surface area contributed by atoms with Gasteiger partial charge in [0.2, 0.25) is 0 Å². The van der Waals surface area contributed by atoms with Crippen LogP contribution in [0.5, 0.6) is 0 Å². The maximum absolute atomic E-state index is 10.5. The van der Waals surface area contributed by atoms with Crippen LogP contribution < -0.4 is 4.90 Å². The predicted octanol–water partition coefficient (Wildman–Crippen LogP) is 3.42. The van der Waals surface area contributed by atoms with Gasteiger partial charge in [0.25, 0.3) is 0 Å². The van der Waals surface area contributed by atoms with Gasteiger partial charge in [-0.2, -0.15) is 5.26 Å². The summed E-state index contributed by atoms with van der Waals surface area (Å²) in [6.45, 7) is 5.28. The van der Waals surface area contributed by atoms with Crippen LogP contribution in [0.2, 0.25) is 5.02 Å². The monoisotopic (exact) mass is 292 g/mol. The van der Waals surface area contributed by atoms with Crippen molar-refractivity contribution in [1.82, 2.24) is 0 Å². The van der Waals surface area contributed by atoms with Crippen LogP contribution in [0.3, 0.4) is 0 Å². The van der Waals surface area contributed by atoms with Crippen molar-refractivity contribution in [3.63, 3.8) is 0 Å². The highest BCUT2D eigenvalue weighted by Gasteiger charge is 2.10. The Bertz CT molecular complexity index is 549. The van der Waals surface area contributed by atoms with Gasteiger partial charge in [-0.25, -0.2) is 4.79 Å². The minimum absolute atomic E-state index is 0.0692. The van der Waals surface area contributed by atoms with Crippen LogP contribution >= 0.6 is 11.6 Å². The predicted molar refractivity (Wildman–Crippen MR) is 80.8 cm³/mol. The number of benzene rings is 1. The molecule has 0 aromatic heterocycles. The molecule has 0 heterocycles. The molecule has 1 aromatic carbocycles. The first-order valence-electron chi connectivity index (χ1n) is 6.33. The lowest BCUT2D eigenvalue weighted by Crippen LogP contribution is -2.27. The summed E-state index contributed by atoms with van der Waals surface area (Å²) in [7, 11) is 0. The van der Waals surface area contributed by atoms with Crippen LogP contribution in [-0.2, 0) is 4.79 Å². The third kappa shape index (κ3) is 4.60. The molecule has 0 radical (unpaired) electrons. The zero-order valence-corrected chi connectivity index (χ0v) is 12.3. The summed E-state index contributed by atoms with van der Waals surface area (Å²) >= 11 is 6.15. The molecule has 4 nitrogen and oxygen atoms in total. The fourth-order valence-corrected chi connectivity index (χ4v) is 2.04. The molecule has 20 heavy (non-hydrogen) atoms. The summed E-state index contributed by atoms with van der Waals surface area (Å²) in [5, 5.41) is 18.0. The third-order valence-electron chi connectivity index (χ3n) is 2.85. The molecule has 106 valence electrons. The van der Waals surface area contributed by atoms with Gasteiger partial charge in [-0.15, -0.1) is 0 Å². The van der Waals surface area contributed by atoms with Crippen molar-refractivity contribution in [3.05, 3.63) is 34.9 Å². The summed E-state index contributed by atoms with van der Waals surface area (Å²) < 4.78 is 0. The Kier molecular flexibility index (Phi) is 6.08. The summed E-state index contributed by atoms with van der Waals surface area (Å²) in [5.74, 6) is -1.08. The first kappa shape index (κ1) is 16.1. The minimum atomic E-state index is -1.01. The van der Waals surface area contributed by atoms with Gasteiger partial charge in [0.05, 0.1) is 12.0 Å². The van der Waals surface area contributed by atoms with E-state index in [1.54, 1.807) is 12.1 Å². The first-order valence-corrected chi connectivity index (χ1v) is 6.70. The molecule has 1 rings (SSSR count). The Balaban J connectivity index is 2.95. The Morgan fingerprint density at radius 2 is 2.30 bits per heavy atom. The van der Waals surface area contributed by atoms with Crippen molar-refractivity contribution in [3.8, 4) is 6.07 Å². The number of aliphatic carboxylic acids is 1. The Morgan fingerprint density at radius 3 is 2.80 bits per heavy atom. The van der Waals surface area contributed by atoms with Crippen LogP contribution in [0, 0.1) is 17.2 Å². The molecular formula is C15H17ClN2O2. The lowest BCUT2D eigenvalue weighted by atomic mass is 10.1. The van der Waals surface area contributed by atoms with Crippen molar-refractivity contribution in [2.75, 3.05) is 18.0 Å². The van der Waals surface area contributed by atoms with E-state index in [9.17, 15) is 4.79 Å². The van der Waals surface area contributed by atoms with Crippen molar-refractivity contribution >= 4 is 29.3 Å². The van der Waals surface area contributed by atoms with E-state index in [1.165, 1.54) is 6.08 Å². The molecule has 0 aliphatic rings. The fourth-order valence-electron chi connectivity index (χ4n) is 1.80. The lowest BCUT2D eigenvalue weighted by Gasteiger charge is -2.24. The highest BCUT2D eigenvalue weighted by atomic mass is 35.5. The van der Waals surface area contributed by atoms with Gasteiger partial charge < -0.3 is 10.0 Å². The second-order valence-corrected chi connectivity index (χ2v) is 4.85. The van der Waals surface area contributed by atoms with Crippen molar-refractivity contribution in [2.45, 2.75) is 13.8 Å². The largest absolute Gasteiger partial charge is 0.478 e. The number of nitrogens with zero attached hydrogens (tertiary/aromatic N) is 2. The number of carboxylic acids is 1. The molecule has 0 saturated heterocycles. The summed E-state index contributed by atoms with van der Waals surface area (Å²) in [5.41, 5.74) is 1.58. The van der Waals surface area contributed by atoms with Gasteiger partial charge in [0, 0.05) is 29.9 Å². The first-order chi connectivity index (χ1) is 9.47. The molecule has 0 spiro atoms. The zero-order chi connectivity index (χ0) is 15.1. The minimum Gasteiger partial charge on any atom is -0.478 e. The highest BCUT2D eigenvalue weighted by Crippen LogP contribution is 2.25. The number of nitriles is 1. The number of carboxylic acid groups (broad SMARTS) is 1. The summed E-state index contributed by atoms with van der Waals surface area (Å²) in [6, 6.07) is 7.65. The molecule has 1 atom stereocenters. The van der Waals surface area contributed by atoms with Crippen LogP contribution in [0.15, 0.2) is 24.3 Å². The van der Waals surface area contributed by atoms with Crippen molar-refractivity contribution in [2.24, 2.45) is 5.92 Å². The number of rotatable bonds is 6. The molecule has 5 heteroatoms. The van der Waals surface area contributed by atoms with Gasteiger partial charge >= 0.3 is 5.97 Å². The van der Waals surface area contributed by atoms with Gasteiger partial charge in [0.1, 0.15) is 0 Å². The van der Waals surface area contributed by atoms with E-state index < -0.39 is 5.97 Å². The average Bonchev–Trinajstić information content (AvgIpc) is 2.42. The molecular weight excluding hydrogens is 276 g/mol. The summed E-state index contributed by atoms with van der Waals surface area (Å²) in [6.07, 6.45) is 2.51. The lowest BCUT2D eigenvalue weighted by molar-refractivity contribution is -0.131. The fraction of sp³-hybridized carbons (Fsp3) is 0.333. The smallest absolute Gasteiger partial charge is 0.328 e. The van der Waals surface area contributed by atoms with E-state index in [-0.39, 0.29) is 5.92 Å². The highest BCUT2D eigenvalue weighted by molar-refractivity contribution is 6.32. The van der Waals surface area contributed by atoms with E-state index >= 15 is 0 Å². The van der Waals surface area contributed by atoms with E-state index in [2.05, 4.69) is 11.0 Å². The quantitative estimate of drug-likeness (QED) is 0.816.